The van der Waals surface area contributed by atoms with Crippen LogP contribution in [0.2, 0.25) is 0 Å². The first kappa shape index (κ1) is 16.5. The first-order valence-corrected chi connectivity index (χ1v) is 8.92. The maximum absolute atomic E-state index is 11.9. The van der Waals surface area contributed by atoms with Crippen molar-refractivity contribution < 1.29 is 13.9 Å². The van der Waals surface area contributed by atoms with Crippen molar-refractivity contribution in [2.24, 2.45) is 0 Å². The highest BCUT2D eigenvalue weighted by Gasteiger charge is 2.10. The Bertz CT molecular complexity index is 1150. The number of fused-ring (bicyclic) bond motifs is 2. The van der Waals surface area contributed by atoms with Crippen LogP contribution < -0.4 is 15.1 Å². The molecule has 0 fully saturated rings. The molecule has 0 unspecified atom stereocenters. The van der Waals surface area contributed by atoms with Crippen LogP contribution in [0.4, 0.5) is 0 Å². The van der Waals surface area contributed by atoms with E-state index < -0.39 is 0 Å². The second kappa shape index (κ2) is 6.76. The summed E-state index contributed by atoms with van der Waals surface area (Å²) >= 11 is 1.53. The number of nitrogens with zero attached hydrogens (tertiary/aromatic N) is 1. The molecule has 2 aromatic carbocycles. The van der Waals surface area contributed by atoms with Crippen LogP contribution >= 0.6 is 11.8 Å². The Morgan fingerprint density at radius 2 is 1.85 bits per heavy atom. The van der Waals surface area contributed by atoms with Crippen molar-refractivity contribution in [2.45, 2.75) is 10.9 Å². The molecule has 0 saturated heterocycles. The molecular weight excluding hydrogens is 352 g/mol. The minimum absolute atomic E-state index is 0.379. The Morgan fingerprint density at radius 1 is 1.08 bits per heavy atom. The van der Waals surface area contributed by atoms with Gasteiger partial charge in [0.15, 0.2) is 5.16 Å². The first-order valence-electron chi connectivity index (χ1n) is 7.93. The summed E-state index contributed by atoms with van der Waals surface area (Å²) in [6.07, 6.45) is 0. The molecule has 0 aliphatic carbocycles. The van der Waals surface area contributed by atoms with Crippen molar-refractivity contribution in [3.8, 4) is 11.5 Å². The molecule has 0 saturated carbocycles. The third-order valence-electron chi connectivity index (χ3n) is 4.07. The summed E-state index contributed by atoms with van der Waals surface area (Å²) in [4.78, 5) is 19.7. The van der Waals surface area contributed by atoms with Crippen LogP contribution in [0, 0.1) is 0 Å². The molecule has 0 aliphatic rings. The molecule has 0 spiro atoms. The number of nitrogens with one attached hydrogen (secondary N) is 1. The van der Waals surface area contributed by atoms with Gasteiger partial charge < -0.3 is 18.9 Å². The molecule has 0 amide bonds. The monoisotopic (exact) mass is 368 g/mol. The van der Waals surface area contributed by atoms with E-state index in [1.54, 1.807) is 20.3 Å². The number of ether oxygens (including phenoxy) is 2. The molecule has 0 bridgehead atoms. The summed E-state index contributed by atoms with van der Waals surface area (Å²) in [5, 5.41) is 1.67. The quantitative estimate of drug-likeness (QED) is 0.424. The highest BCUT2D eigenvalue weighted by molar-refractivity contribution is 7.98. The molecule has 0 atom stereocenters. The summed E-state index contributed by atoms with van der Waals surface area (Å²) in [6.45, 7) is 0. The van der Waals surface area contributed by atoms with Crippen LogP contribution in [-0.4, -0.2) is 24.2 Å². The minimum Gasteiger partial charge on any atom is -0.497 e. The van der Waals surface area contributed by atoms with Gasteiger partial charge in [-0.3, -0.25) is 0 Å². The summed E-state index contributed by atoms with van der Waals surface area (Å²) in [7, 11) is 3.21. The van der Waals surface area contributed by atoms with Gasteiger partial charge in [0.25, 0.3) is 0 Å². The van der Waals surface area contributed by atoms with E-state index in [0.717, 1.165) is 32.9 Å². The third kappa shape index (κ3) is 3.13. The Morgan fingerprint density at radius 3 is 2.65 bits per heavy atom. The summed E-state index contributed by atoms with van der Waals surface area (Å²) in [5.74, 6) is 2.01. The van der Waals surface area contributed by atoms with E-state index in [0.29, 0.717) is 17.1 Å². The SMILES string of the molecule is COc1ccc2nc(SCc3cc(=O)oc4cc(OC)ccc34)[nH]c2c1. The number of methoxy groups -OCH3 is 2. The molecule has 2 aromatic heterocycles. The van der Waals surface area contributed by atoms with Crippen molar-refractivity contribution in [3.63, 3.8) is 0 Å². The van der Waals surface area contributed by atoms with Crippen LogP contribution in [0.3, 0.4) is 0 Å². The first-order chi connectivity index (χ1) is 12.7. The van der Waals surface area contributed by atoms with Gasteiger partial charge in [-0.1, -0.05) is 11.8 Å². The predicted molar refractivity (Wildman–Crippen MR) is 101 cm³/mol. The number of hydrogen-bond acceptors (Lipinski definition) is 6. The van der Waals surface area contributed by atoms with E-state index in [1.807, 2.05) is 30.3 Å². The summed E-state index contributed by atoms with van der Waals surface area (Å²) in [5.41, 5.74) is 2.81. The lowest BCUT2D eigenvalue weighted by molar-refractivity contribution is 0.414. The van der Waals surface area contributed by atoms with E-state index in [-0.39, 0.29) is 5.63 Å². The van der Waals surface area contributed by atoms with E-state index >= 15 is 0 Å². The standard InChI is InChI=1S/C19H16N2O4S/c1-23-12-4-6-15-16(8-12)21-19(20-15)26-10-11-7-18(22)25-17-9-13(24-2)3-5-14(11)17/h3-9H,10H2,1-2H3,(H,20,21). The third-order valence-corrected chi connectivity index (χ3v) is 4.99. The van der Waals surface area contributed by atoms with Crippen LogP contribution in [-0.2, 0) is 5.75 Å². The number of hydrogen-bond donors (Lipinski definition) is 1. The molecule has 0 aliphatic heterocycles. The van der Waals surface area contributed by atoms with Crippen LogP contribution in [0.5, 0.6) is 11.5 Å². The van der Waals surface area contributed by atoms with Gasteiger partial charge in [-0.2, -0.15) is 0 Å². The van der Waals surface area contributed by atoms with Gasteiger partial charge in [0.2, 0.25) is 0 Å². The average molecular weight is 368 g/mol. The zero-order valence-electron chi connectivity index (χ0n) is 14.2. The summed E-state index contributed by atoms with van der Waals surface area (Å²) < 4.78 is 15.7. The maximum Gasteiger partial charge on any atom is 0.336 e. The van der Waals surface area contributed by atoms with Crippen molar-refractivity contribution in [1.82, 2.24) is 9.97 Å². The fourth-order valence-electron chi connectivity index (χ4n) is 2.76. The predicted octanol–water partition coefficient (Wildman–Crippen LogP) is 3.98. The molecule has 26 heavy (non-hydrogen) atoms. The summed E-state index contributed by atoms with van der Waals surface area (Å²) in [6, 6.07) is 12.7. The number of thioether (sulfide) groups is 1. The highest BCUT2D eigenvalue weighted by atomic mass is 32.2. The molecule has 2 heterocycles. The molecule has 0 radical (unpaired) electrons. The lowest BCUT2D eigenvalue weighted by atomic mass is 10.1. The smallest absolute Gasteiger partial charge is 0.336 e. The van der Waals surface area contributed by atoms with Crippen molar-refractivity contribution in [2.75, 3.05) is 14.2 Å². The lowest BCUT2D eigenvalue weighted by Crippen LogP contribution is -2.00. The molecule has 7 heteroatoms. The fourth-order valence-corrected chi connectivity index (χ4v) is 3.64. The number of imidazole rings is 1. The van der Waals surface area contributed by atoms with E-state index in [1.165, 1.54) is 17.8 Å². The molecule has 4 rings (SSSR count). The number of aromatic amines is 1. The zero-order valence-corrected chi connectivity index (χ0v) is 15.1. The number of aromatic nitrogens is 2. The van der Waals surface area contributed by atoms with E-state index in [9.17, 15) is 4.79 Å². The van der Waals surface area contributed by atoms with Crippen molar-refractivity contribution in [1.29, 1.82) is 0 Å². The fraction of sp³-hybridized carbons (Fsp3) is 0.158. The number of rotatable bonds is 5. The number of benzene rings is 2. The van der Waals surface area contributed by atoms with Crippen molar-refractivity contribution >= 4 is 33.8 Å². The molecule has 4 aromatic rings. The van der Waals surface area contributed by atoms with Gasteiger partial charge in [-0.15, -0.1) is 0 Å². The van der Waals surface area contributed by atoms with Gasteiger partial charge in [0, 0.05) is 29.3 Å². The Hall–Kier alpha value is -2.93. The van der Waals surface area contributed by atoms with Crippen molar-refractivity contribution in [3.05, 3.63) is 58.4 Å². The second-order valence-corrected chi connectivity index (χ2v) is 6.63. The average Bonchev–Trinajstić information content (AvgIpc) is 3.07. The Kier molecular flexibility index (Phi) is 4.30. The van der Waals surface area contributed by atoms with E-state index in [2.05, 4.69) is 9.97 Å². The van der Waals surface area contributed by atoms with Gasteiger partial charge >= 0.3 is 5.63 Å². The van der Waals surface area contributed by atoms with Gasteiger partial charge in [-0.25, -0.2) is 9.78 Å². The minimum atomic E-state index is -0.379. The molecule has 132 valence electrons. The molecular formula is C19H16N2O4S. The Labute approximate surface area is 153 Å². The largest absolute Gasteiger partial charge is 0.497 e. The molecule has 6 nitrogen and oxygen atoms in total. The van der Waals surface area contributed by atoms with Gasteiger partial charge in [0.05, 0.1) is 25.3 Å². The van der Waals surface area contributed by atoms with Gasteiger partial charge in [-0.05, 0) is 29.8 Å². The molecule has 1 N–H and O–H groups in total. The maximum atomic E-state index is 11.9. The normalized spacial score (nSPS) is 11.2. The van der Waals surface area contributed by atoms with Crippen LogP contribution in [0.25, 0.3) is 22.0 Å². The topological polar surface area (TPSA) is 77.3 Å². The lowest BCUT2D eigenvalue weighted by Gasteiger charge is -2.06. The van der Waals surface area contributed by atoms with Crippen LogP contribution in [0.1, 0.15) is 5.56 Å². The number of H-pyrrole nitrogens is 1. The van der Waals surface area contributed by atoms with Gasteiger partial charge in [0.1, 0.15) is 17.1 Å². The van der Waals surface area contributed by atoms with Crippen LogP contribution in [0.15, 0.2) is 56.8 Å². The van der Waals surface area contributed by atoms with E-state index in [4.69, 9.17) is 13.9 Å². The zero-order chi connectivity index (χ0) is 18.1. The highest BCUT2D eigenvalue weighted by Crippen LogP contribution is 2.29. The Balaban J connectivity index is 1.64. The second-order valence-electron chi connectivity index (χ2n) is 5.67.